The highest BCUT2D eigenvalue weighted by Crippen LogP contribution is 1.98. The van der Waals surface area contributed by atoms with Crippen molar-refractivity contribution in [1.29, 1.82) is 0 Å². The summed E-state index contributed by atoms with van der Waals surface area (Å²) in [5.41, 5.74) is 4.20. The molecule has 10 heavy (non-hydrogen) atoms. The van der Waals surface area contributed by atoms with Crippen molar-refractivity contribution >= 4 is 0 Å². The molecule has 1 aliphatic carbocycles. The largest absolute Gasteiger partial charge is 0.395 e. The van der Waals surface area contributed by atoms with Gasteiger partial charge in [0.15, 0.2) is 0 Å². The Morgan fingerprint density at radius 3 is 3.10 bits per heavy atom. The van der Waals surface area contributed by atoms with Crippen molar-refractivity contribution in [2.45, 2.75) is 0 Å². The van der Waals surface area contributed by atoms with Crippen LogP contribution in [0.15, 0.2) is 29.5 Å². The molecule has 0 aromatic rings. The van der Waals surface area contributed by atoms with Crippen LogP contribution in [-0.2, 0) is 0 Å². The number of hydrogen-bond acceptors (Lipinski definition) is 2. The Bertz CT molecular complexity index is 187. The minimum Gasteiger partial charge on any atom is -0.395 e. The molecule has 0 saturated carbocycles. The summed E-state index contributed by atoms with van der Waals surface area (Å²) in [5.74, 6) is 0. The Morgan fingerprint density at radius 2 is 2.50 bits per heavy atom. The average molecular weight is 137 g/mol. The molecule has 0 aromatic carbocycles. The van der Waals surface area contributed by atoms with Gasteiger partial charge in [-0.1, -0.05) is 6.08 Å². The van der Waals surface area contributed by atoms with Crippen LogP contribution in [0, 0.1) is 0 Å². The van der Waals surface area contributed by atoms with E-state index in [0.717, 1.165) is 12.1 Å². The lowest BCUT2D eigenvalue weighted by Gasteiger charge is -1.98. The zero-order valence-electron chi connectivity index (χ0n) is 5.80. The van der Waals surface area contributed by atoms with Crippen LogP contribution in [0.25, 0.3) is 0 Å². The number of rotatable bonds is 4. The second-order valence-electron chi connectivity index (χ2n) is 2.10. The van der Waals surface area contributed by atoms with Crippen molar-refractivity contribution in [2.75, 3.05) is 19.7 Å². The fourth-order valence-electron chi connectivity index (χ4n) is 0.780. The normalized spacial score (nSPS) is 14.3. The van der Waals surface area contributed by atoms with Crippen molar-refractivity contribution < 1.29 is 5.11 Å². The van der Waals surface area contributed by atoms with Gasteiger partial charge in [0.05, 0.1) is 6.61 Å². The van der Waals surface area contributed by atoms with Gasteiger partial charge in [-0.3, -0.25) is 0 Å². The van der Waals surface area contributed by atoms with Gasteiger partial charge in [0.25, 0.3) is 0 Å². The van der Waals surface area contributed by atoms with E-state index in [2.05, 4.69) is 11.0 Å². The second kappa shape index (κ2) is 4.07. The molecule has 0 amide bonds. The molecule has 1 rings (SSSR count). The summed E-state index contributed by atoms with van der Waals surface area (Å²) in [6.45, 7) is 1.65. The molecule has 0 fully saturated rings. The number of hydrogen-bond donors (Lipinski definition) is 2. The van der Waals surface area contributed by atoms with Crippen molar-refractivity contribution in [1.82, 2.24) is 5.32 Å². The van der Waals surface area contributed by atoms with E-state index in [-0.39, 0.29) is 6.61 Å². The molecule has 0 spiro atoms. The minimum atomic E-state index is 0.195. The van der Waals surface area contributed by atoms with Crippen molar-refractivity contribution in [2.24, 2.45) is 0 Å². The van der Waals surface area contributed by atoms with Gasteiger partial charge in [-0.25, -0.2) is 0 Å². The first-order valence-electron chi connectivity index (χ1n) is 3.37. The lowest BCUT2D eigenvalue weighted by Crippen LogP contribution is -2.19. The van der Waals surface area contributed by atoms with E-state index in [1.807, 2.05) is 18.2 Å². The SMILES string of the molecule is OCCNCC1=C=CC=C1. The van der Waals surface area contributed by atoms with Gasteiger partial charge in [0.2, 0.25) is 0 Å². The molecule has 1 aliphatic rings. The number of aliphatic hydroxyl groups is 1. The van der Waals surface area contributed by atoms with Crippen LogP contribution in [0.5, 0.6) is 0 Å². The van der Waals surface area contributed by atoms with Crippen molar-refractivity contribution in [3.8, 4) is 0 Å². The highest BCUT2D eigenvalue weighted by Gasteiger charge is 1.91. The predicted molar refractivity (Wildman–Crippen MR) is 40.7 cm³/mol. The maximum atomic E-state index is 8.42. The van der Waals surface area contributed by atoms with Gasteiger partial charge in [0.1, 0.15) is 0 Å². The summed E-state index contributed by atoms with van der Waals surface area (Å²) < 4.78 is 0. The highest BCUT2D eigenvalue weighted by atomic mass is 16.3. The maximum absolute atomic E-state index is 8.42. The van der Waals surface area contributed by atoms with Crippen LogP contribution in [0.3, 0.4) is 0 Å². The molecule has 0 heterocycles. The third kappa shape index (κ3) is 2.19. The quantitative estimate of drug-likeness (QED) is 0.429. The molecule has 2 heteroatoms. The van der Waals surface area contributed by atoms with E-state index in [1.165, 1.54) is 0 Å². The minimum absolute atomic E-state index is 0.195. The first kappa shape index (κ1) is 7.29. The third-order valence-electron chi connectivity index (χ3n) is 1.27. The summed E-state index contributed by atoms with van der Waals surface area (Å²) in [7, 11) is 0. The van der Waals surface area contributed by atoms with Crippen LogP contribution >= 0.6 is 0 Å². The first-order chi connectivity index (χ1) is 4.93. The van der Waals surface area contributed by atoms with Gasteiger partial charge >= 0.3 is 0 Å². The smallest absolute Gasteiger partial charge is 0.0556 e. The highest BCUT2D eigenvalue weighted by molar-refractivity contribution is 5.29. The zero-order valence-corrected chi connectivity index (χ0v) is 5.80. The fourth-order valence-corrected chi connectivity index (χ4v) is 0.780. The van der Waals surface area contributed by atoms with Gasteiger partial charge in [-0.15, -0.1) is 5.73 Å². The Hall–Kier alpha value is -0.820. The van der Waals surface area contributed by atoms with Gasteiger partial charge in [-0.05, 0) is 12.2 Å². The van der Waals surface area contributed by atoms with Crippen molar-refractivity contribution in [3.05, 3.63) is 29.5 Å². The molecule has 2 N–H and O–H groups in total. The third-order valence-corrected chi connectivity index (χ3v) is 1.27. The second-order valence-corrected chi connectivity index (χ2v) is 2.10. The average Bonchev–Trinajstić information content (AvgIpc) is 2.41. The van der Waals surface area contributed by atoms with Gasteiger partial charge < -0.3 is 10.4 Å². The molecule has 2 nitrogen and oxygen atoms in total. The molecule has 0 bridgehead atoms. The van der Waals surface area contributed by atoms with Gasteiger partial charge in [-0.2, -0.15) is 0 Å². The van der Waals surface area contributed by atoms with Crippen LogP contribution in [0.1, 0.15) is 0 Å². The van der Waals surface area contributed by atoms with Crippen LogP contribution in [-0.4, -0.2) is 24.8 Å². The van der Waals surface area contributed by atoms with Crippen LogP contribution < -0.4 is 5.32 Å². The van der Waals surface area contributed by atoms with Gasteiger partial charge in [0, 0.05) is 18.7 Å². The summed E-state index contributed by atoms with van der Waals surface area (Å²) >= 11 is 0. The summed E-state index contributed by atoms with van der Waals surface area (Å²) in [4.78, 5) is 0. The molecule has 0 atom stereocenters. The first-order valence-corrected chi connectivity index (χ1v) is 3.37. The standard InChI is InChI=1S/C8H11NO/c10-6-5-9-7-8-3-1-2-4-8/h1-3,9-10H,5-7H2. The topological polar surface area (TPSA) is 32.3 Å². The Balaban J connectivity index is 2.15. The summed E-state index contributed by atoms with van der Waals surface area (Å²) in [6.07, 6.45) is 5.84. The van der Waals surface area contributed by atoms with Crippen molar-refractivity contribution in [3.63, 3.8) is 0 Å². The summed E-state index contributed by atoms with van der Waals surface area (Å²) in [5, 5.41) is 11.5. The number of aliphatic hydroxyl groups excluding tert-OH is 1. The van der Waals surface area contributed by atoms with E-state index in [4.69, 9.17) is 5.11 Å². The monoisotopic (exact) mass is 137 g/mol. The molecule has 0 aliphatic heterocycles. The van der Waals surface area contributed by atoms with E-state index >= 15 is 0 Å². The molecular formula is C8H11NO. The van der Waals surface area contributed by atoms with E-state index in [0.29, 0.717) is 6.54 Å². The Kier molecular flexibility index (Phi) is 2.97. The van der Waals surface area contributed by atoms with E-state index in [1.54, 1.807) is 0 Å². The molecule has 54 valence electrons. The maximum Gasteiger partial charge on any atom is 0.0556 e. The summed E-state index contributed by atoms with van der Waals surface area (Å²) in [6, 6.07) is 0. The predicted octanol–water partition coefficient (Wildman–Crippen LogP) is 0.220. The Morgan fingerprint density at radius 1 is 1.60 bits per heavy atom. The molecule has 0 unspecified atom stereocenters. The number of allylic oxidation sites excluding steroid dienone is 1. The molecule has 0 saturated heterocycles. The van der Waals surface area contributed by atoms with Crippen LogP contribution in [0.2, 0.25) is 0 Å². The Labute approximate surface area is 60.6 Å². The lowest BCUT2D eigenvalue weighted by atomic mass is 10.3. The van der Waals surface area contributed by atoms with E-state index in [9.17, 15) is 0 Å². The molecule has 0 aromatic heterocycles. The van der Waals surface area contributed by atoms with E-state index < -0.39 is 0 Å². The number of nitrogens with one attached hydrogen (secondary N) is 1. The fraction of sp³-hybridized carbons (Fsp3) is 0.375. The molecule has 0 radical (unpaired) electrons. The van der Waals surface area contributed by atoms with Crippen LogP contribution in [0.4, 0.5) is 0 Å². The zero-order chi connectivity index (χ0) is 7.23. The lowest BCUT2D eigenvalue weighted by molar-refractivity contribution is 0.294. The molecular weight excluding hydrogens is 126 g/mol.